The van der Waals surface area contributed by atoms with E-state index in [1.54, 1.807) is 30.3 Å². The molecule has 3 aromatic rings. The third-order valence-electron chi connectivity index (χ3n) is 5.70. The average Bonchev–Trinajstić information content (AvgIpc) is 3.24. The van der Waals surface area contributed by atoms with E-state index in [1.165, 1.54) is 0 Å². The van der Waals surface area contributed by atoms with Crippen LogP contribution in [-0.2, 0) is 9.59 Å². The lowest BCUT2D eigenvalue weighted by atomic mass is 10.2. The van der Waals surface area contributed by atoms with E-state index >= 15 is 0 Å². The van der Waals surface area contributed by atoms with Gasteiger partial charge in [0.15, 0.2) is 0 Å². The SMILES string of the molecule is Cc1cc(/C=C2/SC(=O)N(CC(=O)Nc3ccccc3Cl)C2=O)c(C)n1-c1ccc(N(C)C)cc1. The monoisotopic (exact) mass is 508 g/mol. The number of nitrogens with one attached hydrogen (secondary N) is 1. The van der Waals surface area contributed by atoms with Crippen LogP contribution in [-0.4, -0.2) is 47.2 Å². The first-order valence-corrected chi connectivity index (χ1v) is 12.1. The third kappa shape index (κ3) is 5.13. The number of imide groups is 1. The summed E-state index contributed by atoms with van der Waals surface area (Å²) in [6.07, 6.45) is 1.71. The minimum Gasteiger partial charge on any atom is -0.378 e. The van der Waals surface area contributed by atoms with Gasteiger partial charge in [-0.1, -0.05) is 23.7 Å². The Labute approximate surface area is 213 Å². The highest BCUT2D eigenvalue weighted by Crippen LogP contribution is 2.34. The van der Waals surface area contributed by atoms with Crippen LogP contribution in [0.5, 0.6) is 0 Å². The fraction of sp³-hybridized carbons (Fsp3) is 0.192. The predicted octanol–water partition coefficient (Wildman–Crippen LogP) is 5.49. The molecule has 1 fully saturated rings. The second kappa shape index (κ2) is 10.0. The molecule has 1 saturated heterocycles. The number of anilines is 2. The number of carbonyl (C=O) groups excluding carboxylic acids is 3. The zero-order valence-corrected chi connectivity index (χ0v) is 21.4. The molecule has 1 aromatic heterocycles. The predicted molar refractivity (Wildman–Crippen MR) is 142 cm³/mol. The van der Waals surface area contributed by atoms with Gasteiger partial charge in [-0.2, -0.15) is 0 Å². The summed E-state index contributed by atoms with van der Waals surface area (Å²) < 4.78 is 2.10. The van der Waals surface area contributed by atoms with Gasteiger partial charge in [0.05, 0.1) is 15.6 Å². The molecule has 0 atom stereocenters. The second-order valence-corrected chi connectivity index (χ2v) is 9.77. The molecule has 1 aliphatic rings. The fourth-order valence-corrected chi connectivity index (χ4v) is 4.92. The standard InChI is InChI=1S/C26H25ClN4O3S/c1-16-13-18(17(2)31(16)20-11-9-19(10-12-20)29(3)4)14-23-25(33)30(26(34)35-23)15-24(32)28-22-8-6-5-7-21(22)27/h5-14H,15H2,1-4H3,(H,28,32)/b23-14+. The van der Waals surface area contributed by atoms with E-state index in [1.807, 2.05) is 63.2 Å². The first-order valence-electron chi connectivity index (χ1n) is 10.9. The highest BCUT2D eigenvalue weighted by molar-refractivity contribution is 8.18. The van der Waals surface area contributed by atoms with Gasteiger partial charge < -0.3 is 14.8 Å². The van der Waals surface area contributed by atoms with Crippen molar-refractivity contribution >= 4 is 57.9 Å². The van der Waals surface area contributed by atoms with Crippen LogP contribution in [0.4, 0.5) is 16.2 Å². The van der Waals surface area contributed by atoms with E-state index in [0.29, 0.717) is 10.7 Å². The number of nitrogens with zero attached hydrogens (tertiary/aromatic N) is 3. The van der Waals surface area contributed by atoms with E-state index < -0.39 is 17.1 Å². The zero-order valence-electron chi connectivity index (χ0n) is 19.8. The summed E-state index contributed by atoms with van der Waals surface area (Å²) in [5, 5.41) is 2.53. The van der Waals surface area contributed by atoms with Crippen LogP contribution in [0.25, 0.3) is 11.8 Å². The summed E-state index contributed by atoms with van der Waals surface area (Å²) in [5.41, 5.74) is 5.32. The summed E-state index contributed by atoms with van der Waals surface area (Å²) in [6.45, 7) is 3.58. The molecule has 0 spiro atoms. The van der Waals surface area contributed by atoms with Crippen molar-refractivity contribution in [2.24, 2.45) is 0 Å². The van der Waals surface area contributed by atoms with Crippen LogP contribution in [0.1, 0.15) is 17.0 Å². The molecule has 7 nitrogen and oxygen atoms in total. The molecule has 0 bridgehead atoms. The number of halogens is 1. The van der Waals surface area contributed by atoms with E-state index in [4.69, 9.17) is 11.6 Å². The minimum absolute atomic E-state index is 0.281. The van der Waals surface area contributed by atoms with Gasteiger partial charge in [0.1, 0.15) is 6.54 Å². The van der Waals surface area contributed by atoms with Crippen molar-refractivity contribution in [2.75, 3.05) is 30.9 Å². The molecule has 1 aliphatic heterocycles. The van der Waals surface area contributed by atoms with Crippen molar-refractivity contribution < 1.29 is 14.4 Å². The van der Waals surface area contributed by atoms with Crippen molar-refractivity contribution in [3.05, 3.63) is 81.5 Å². The number of rotatable bonds is 6. The summed E-state index contributed by atoms with van der Waals surface area (Å²) >= 11 is 6.90. The number of hydrogen-bond acceptors (Lipinski definition) is 5. The zero-order chi connectivity index (χ0) is 25.3. The molecular weight excluding hydrogens is 484 g/mol. The Bertz CT molecular complexity index is 1350. The van der Waals surface area contributed by atoms with Gasteiger partial charge in [-0.25, -0.2) is 0 Å². The van der Waals surface area contributed by atoms with Crippen molar-refractivity contribution in [2.45, 2.75) is 13.8 Å². The summed E-state index contributed by atoms with van der Waals surface area (Å²) in [4.78, 5) is 41.2. The third-order valence-corrected chi connectivity index (χ3v) is 6.94. The van der Waals surface area contributed by atoms with Gasteiger partial charge >= 0.3 is 0 Å². The van der Waals surface area contributed by atoms with E-state index in [9.17, 15) is 14.4 Å². The summed E-state index contributed by atoms with van der Waals surface area (Å²) in [5.74, 6) is -0.990. The molecule has 180 valence electrons. The first kappa shape index (κ1) is 24.6. The Morgan fingerprint density at radius 2 is 1.77 bits per heavy atom. The van der Waals surface area contributed by atoms with Crippen molar-refractivity contribution in [1.29, 1.82) is 0 Å². The molecule has 9 heteroatoms. The Morgan fingerprint density at radius 3 is 2.43 bits per heavy atom. The van der Waals surface area contributed by atoms with Crippen molar-refractivity contribution in [1.82, 2.24) is 9.47 Å². The molecule has 2 aromatic carbocycles. The number of aryl methyl sites for hydroxylation is 1. The molecule has 35 heavy (non-hydrogen) atoms. The number of benzene rings is 2. The van der Waals surface area contributed by atoms with Crippen LogP contribution < -0.4 is 10.2 Å². The summed E-state index contributed by atoms with van der Waals surface area (Å²) in [7, 11) is 3.99. The lowest BCUT2D eigenvalue weighted by Crippen LogP contribution is -2.36. The number of aromatic nitrogens is 1. The number of thioether (sulfide) groups is 1. The van der Waals surface area contributed by atoms with Gasteiger partial charge in [-0.15, -0.1) is 0 Å². The maximum absolute atomic E-state index is 12.9. The maximum atomic E-state index is 12.9. The Hall–Kier alpha value is -3.49. The molecule has 0 aliphatic carbocycles. The van der Waals surface area contributed by atoms with E-state index in [0.717, 1.165) is 45.0 Å². The molecule has 4 rings (SSSR count). The molecular formula is C26H25ClN4O3S. The van der Waals surface area contributed by atoms with E-state index in [-0.39, 0.29) is 11.4 Å². The number of hydrogen-bond donors (Lipinski definition) is 1. The number of amides is 3. The van der Waals surface area contributed by atoms with Gasteiger partial charge in [-0.05, 0) is 79.7 Å². The summed E-state index contributed by atoms with van der Waals surface area (Å²) in [6, 6.07) is 16.9. The molecule has 2 heterocycles. The Morgan fingerprint density at radius 1 is 1.09 bits per heavy atom. The molecule has 0 radical (unpaired) electrons. The smallest absolute Gasteiger partial charge is 0.294 e. The molecule has 0 saturated carbocycles. The fourth-order valence-electron chi connectivity index (χ4n) is 3.90. The van der Waals surface area contributed by atoms with Crippen molar-refractivity contribution in [3.8, 4) is 5.69 Å². The highest BCUT2D eigenvalue weighted by Gasteiger charge is 2.36. The van der Waals surface area contributed by atoms with Crippen molar-refractivity contribution in [3.63, 3.8) is 0 Å². The van der Waals surface area contributed by atoms with Gasteiger partial charge in [0.25, 0.3) is 11.1 Å². The van der Waals surface area contributed by atoms with E-state index in [2.05, 4.69) is 9.88 Å². The number of carbonyl (C=O) groups is 3. The van der Waals surface area contributed by atoms with Crippen LogP contribution in [0, 0.1) is 13.8 Å². The van der Waals surface area contributed by atoms with Crippen LogP contribution >= 0.6 is 23.4 Å². The quantitative estimate of drug-likeness (QED) is 0.446. The van der Waals surface area contributed by atoms with Crippen LogP contribution in [0.15, 0.2) is 59.5 Å². The highest BCUT2D eigenvalue weighted by atomic mass is 35.5. The molecule has 3 amide bonds. The Kier molecular flexibility index (Phi) is 7.05. The lowest BCUT2D eigenvalue weighted by Gasteiger charge is -2.15. The lowest BCUT2D eigenvalue weighted by molar-refractivity contribution is -0.127. The largest absolute Gasteiger partial charge is 0.378 e. The van der Waals surface area contributed by atoms with Crippen LogP contribution in [0.3, 0.4) is 0 Å². The van der Waals surface area contributed by atoms with Gasteiger partial charge in [0, 0.05) is 36.9 Å². The second-order valence-electron chi connectivity index (χ2n) is 8.37. The van der Waals surface area contributed by atoms with Gasteiger partial charge in [-0.3, -0.25) is 19.3 Å². The Balaban J connectivity index is 1.53. The number of para-hydroxylation sites is 1. The normalized spacial score (nSPS) is 14.7. The van der Waals surface area contributed by atoms with Gasteiger partial charge in [0.2, 0.25) is 5.91 Å². The maximum Gasteiger partial charge on any atom is 0.294 e. The molecule has 1 N–H and O–H groups in total. The average molecular weight is 509 g/mol. The van der Waals surface area contributed by atoms with Crippen LogP contribution in [0.2, 0.25) is 5.02 Å². The topological polar surface area (TPSA) is 74.6 Å². The first-order chi connectivity index (χ1) is 16.7. The minimum atomic E-state index is -0.499. The molecule has 0 unspecified atom stereocenters.